The third-order valence-electron chi connectivity index (χ3n) is 3.48. The molecule has 1 atom stereocenters. The number of carbonyl (C=O) groups is 1. The maximum Gasteiger partial charge on any atom is 0.303 e. The van der Waals surface area contributed by atoms with Gasteiger partial charge in [-0.3, -0.25) is 4.79 Å². The zero-order valence-electron chi connectivity index (χ0n) is 12.6. The van der Waals surface area contributed by atoms with Crippen LogP contribution in [0.3, 0.4) is 0 Å². The van der Waals surface area contributed by atoms with Crippen molar-refractivity contribution in [3.8, 4) is 0 Å². The Balaban J connectivity index is 2.56. The fourth-order valence-electron chi connectivity index (χ4n) is 2.16. The zero-order valence-corrected chi connectivity index (χ0v) is 14.3. The summed E-state index contributed by atoms with van der Waals surface area (Å²) in [6.07, 6.45) is 1.29. The van der Waals surface area contributed by atoms with Crippen molar-refractivity contribution in [2.24, 2.45) is 11.3 Å². The molecule has 0 aliphatic rings. The first-order chi connectivity index (χ1) is 9.63. The molecule has 0 spiro atoms. The second-order valence-corrected chi connectivity index (χ2v) is 9.06. The number of sulfonamides is 1. The van der Waals surface area contributed by atoms with Gasteiger partial charge in [0, 0.05) is 13.0 Å². The summed E-state index contributed by atoms with van der Waals surface area (Å²) in [5, 5.41) is 10.5. The molecule has 21 heavy (non-hydrogen) atoms. The number of nitrogens with one attached hydrogen (secondary N) is 1. The molecule has 1 unspecified atom stereocenters. The molecule has 0 aliphatic heterocycles. The summed E-state index contributed by atoms with van der Waals surface area (Å²) in [7, 11) is -3.44. The standard InChI is InChI=1S/C14H23NO4S2/c1-14(2,3)11(6-7-12(16)17)8-9-15-21(18,19)13-5-4-10-20-13/h4-5,10-11,15H,6-9H2,1-3H3,(H,16,17). The van der Waals surface area contributed by atoms with Crippen molar-refractivity contribution in [1.82, 2.24) is 4.72 Å². The zero-order chi connectivity index (χ0) is 16.1. The highest BCUT2D eigenvalue weighted by atomic mass is 32.2. The fraction of sp³-hybridized carbons (Fsp3) is 0.643. The Kier molecular flexibility index (Phi) is 6.37. The van der Waals surface area contributed by atoms with Crippen LogP contribution in [0.25, 0.3) is 0 Å². The molecule has 2 N–H and O–H groups in total. The van der Waals surface area contributed by atoms with Crippen LogP contribution in [-0.2, 0) is 14.8 Å². The molecule has 1 aromatic heterocycles. The first-order valence-electron chi connectivity index (χ1n) is 6.88. The predicted octanol–water partition coefficient (Wildman–Crippen LogP) is 2.94. The molecule has 0 fully saturated rings. The second-order valence-electron chi connectivity index (χ2n) is 6.11. The first kappa shape index (κ1) is 18.1. The minimum Gasteiger partial charge on any atom is -0.481 e. The van der Waals surface area contributed by atoms with Crippen molar-refractivity contribution in [1.29, 1.82) is 0 Å². The minimum absolute atomic E-state index is 0.0518. The molecule has 0 radical (unpaired) electrons. The average Bonchev–Trinajstić information content (AvgIpc) is 2.85. The van der Waals surface area contributed by atoms with Gasteiger partial charge in [-0.05, 0) is 35.6 Å². The summed E-state index contributed by atoms with van der Waals surface area (Å²) >= 11 is 1.18. The minimum atomic E-state index is -3.44. The molecule has 1 aromatic rings. The maximum absolute atomic E-state index is 12.0. The summed E-state index contributed by atoms with van der Waals surface area (Å²) < 4.78 is 26.9. The van der Waals surface area contributed by atoms with Crippen LogP contribution in [-0.4, -0.2) is 26.0 Å². The summed E-state index contributed by atoms with van der Waals surface area (Å²) in [5.74, 6) is -0.664. The number of hydrogen-bond donors (Lipinski definition) is 2. The van der Waals surface area contributed by atoms with Gasteiger partial charge >= 0.3 is 5.97 Å². The van der Waals surface area contributed by atoms with Crippen LogP contribution in [0.2, 0.25) is 0 Å². The van der Waals surface area contributed by atoms with Crippen molar-refractivity contribution in [3.63, 3.8) is 0 Å². The van der Waals surface area contributed by atoms with E-state index in [1.165, 1.54) is 11.3 Å². The van der Waals surface area contributed by atoms with Gasteiger partial charge in [0.05, 0.1) is 0 Å². The molecule has 0 aromatic carbocycles. The lowest BCUT2D eigenvalue weighted by atomic mass is 9.76. The monoisotopic (exact) mass is 333 g/mol. The van der Waals surface area contributed by atoms with E-state index in [2.05, 4.69) is 4.72 Å². The van der Waals surface area contributed by atoms with E-state index in [1.807, 2.05) is 20.8 Å². The average molecular weight is 333 g/mol. The molecule has 7 heteroatoms. The second kappa shape index (κ2) is 7.38. The van der Waals surface area contributed by atoms with Gasteiger partial charge in [0.1, 0.15) is 4.21 Å². The first-order valence-corrected chi connectivity index (χ1v) is 9.24. The molecule has 0 saturated carbocycles. The van der Waals surface area contributed by atoms with Gasteiger partial charge < -0.3 is 5.11 Å². The summed E-state index contributed by atoms with van der Waals surface area (Å²) in [6.45, 7) is 6.47. The van der Waals surface area contributed by atoms with E-state index in [0.717, 1.165) is 0 Å². The maximum atomic E-state index is 12.0. The molecular weight excluding hydrogens is 310 g/mol. The molecule has 1 rings (SSSR count). The number of aliphatic carboxylic acids is 1. The summed E-state index contributed by atoms with van der Waals surface area (Å²) in [5.41, 5.74) is -0.0518. The van der Waals surface area contributed by atoms with Gasteiger partial charge in [0.15, 0.2) is 0 Å². The van der Waals surface area contributed by atoms with E-state index in [9.17, 15) is 13.2 Å². The van der Waals surface area contributed by atoms with Gasteiger partial charge in [-0.1, -0.05) is 26.8 Å². The van der Waals surface area contributed by atoms with Crippen LogP contribution in [0.5, 0.6) is 0 Å². The normalized spacial score (nSPS) is 14.0. The molecule has 1 heterocycles. The fourth-order valence-corrected chi connectivity index (χ4v) is 4.25. The molecule has 0 aliphatic carbocycles. The smallest absolute Gasteiger partial charge is 0.303 e. The van der Waals surface area contributed by atoms with Crippen molar-refractivity contribution in [2.45, 2.75) is 44.2 Å². The quantitative estimate of drug-likeness (QED) is 0.766. The lowest BCUT2D eigenvalue weighted by Gasteiger charge is -2.30. The Bertz CT molecular complexity index is 544. The molecule has 0 amide bonds. The van der Waals surface area contributed by atoms with E-state index in [0.29, 0.717) is 23.6 Å². The van der Waals surface area contributed by atoms with E-state index < -0.39 is 16.0 Å². The number of carboxylic acid groups (broad SMARTS) is 1. The highest BCUT2D eigenvalue weighted by Gasteiger charge is 2.25. The van der Waals surface area contributed by atoms with Crippen LogP contribution in [0.15, 0.2) is 21.7 Å². The Morgan fingerprint density at radius 3 is 2.52 bits per heavy atom. The van der Waals surface area contributed by atoms with E-state index in [4.69, 9.17) is 5.11 Å². The van der Waals surface area contributed by atoms with Crippen molar-refractivity contribution in [2.75, 3.05) is 6.54 Å². The number of rotatable bonds is 8. The Labute approximate surface area is 130 Å². The number of hydrogen-bond acceptors (Lipinski definition) is 4. The summed E-state index contributed by atoms with van der Waals surface area (Å²) in [4.78, 5) is 10.7. The lowest BCUT2D eigenvalue weighted by molar-refractivity contribution is -0.137. The molecule has 0 bridgehead atoms. The molecule has 120 valence electrons. The molecular formula is C14H23NO4S2. The topological polar surface area (TPSA) is 83.5 Å². The third kappa shape index (κ3) is 6.15. The van der Waals surface area contributed by atoms with Crippen LogP contribution in [0, 0.1) is 11.3 Å². The van der Waals surface area contributed by atoms with Gasteiger partial charge in [-0.2, -0.15) is 0 Å². The Hall–Kier alpha value is -0.920. The van der Waals surface area contributed by atoms with Gasteiger partial charge in [0.2, 0.25) is 10.0 Å². The van der Waals surface area contributed by atoms with E-state index in [-0.39, 0.29) is 17.8 Å². The predicted molar refractivity (Wildman–Crippen MR) is 83.9 cm³/mol. The third-order valence-corrected chi connectivity index (χ3v) is 6.33. The van der Waals surface area contributed by atoms with E-state index in [1.54, 1.807) is 17.5 Å². The largest absolute Gasteiger partial charge is 0.481 e. The molecule has 5 nitrogen and oxygen atoms in total. The molecule has 0 saturated heterocycles. The lowest BCUT2D eigenvalue weighted by Crippen LogP contribution is -2.29. The van der Waals surface area contributed by atoms with Gasteiger partial charge in [-0.25, -0.2) is 13.1 Å². The SMILES string of the molecule is CC(C)(C)C(CCNS(=O)(=O)c1cccs1)CCC(=O)O. The van der Waals surface area contributed by atoms with Crippen LogP contribution in [0.4, 0.5) is 0 Å². The van der Waals surface area contributed by atoms with Crippen LogP contribution in [0.1, 0.15) is 40.0 Å². The van der Waals surface area contributed by atoms with Crippen molar-refractivity contribution >= 4 is 27.3 Å². The Morgan fingerprint density at radius 1 is 1.38 bits per heavy atom. The van der Waals surface area contributed by atoms with Crippen LogP contribution < -0.4 is 4.72 Å². The highest BCUT2D eigenvalue weighted by Crippen LogP contribution is 2.32. The van der Waals surface area contributed by atoms with Gasteiger partial charge in [0.25, 0.3) is 0 Å². The van der Waals surface area contributed by atoms with Crippen molar-refractivity contribution in [3.05, 3.63) is 17.5 Å². The number of carboxylic acids is 1. The van der Waals surface area contributed by atoms with Crippen molar-refractivity contribution < 1.29 is 18.3 Å². The number of thiophene rings is 1. The van der Waals surface area contributed by atoms with E-state index >= 15 is 0 Å². The Morgan fingerprint density at radius 2 is 2.05 bits per heavy atom. The highest BCUT2D eigenvalue weighted by molar-refractivity contribution is 7.91. The van der Waals surface area contributed by atoms with Gasteiger partial charge in [-0.15, -0.1) is 11.3 Å². The van der Waals surface area contributed by atoms with Crippen LogP contribution >= 0.6 is 11.3 Å². The summed E-state index contributed by atoms with van der Waals surface area (Å²) in [6, 6.07) is 3.27.